The van der Waals surface area contributed by atoms with Gasteiger partial charge < -0.3 is 9.80 Å². The SMILES string of the molecule is CCc1nc(C(=O)N2CCC(N3CCCCC3)CC2)n[nH]1. The van der Waals surface area contributed by atoms with Crippen molar-refractivity contribution in [2.75, 3.05) is 26.2 Å². The van der Waals surface area contributed by atoms with Gasteiger partial charge in [0.1, 0.15) is 5.82 Å². The number of H-pyrrole nitrogens is 1. The van der Waals surface area contributed by atoms with Gasteiger partial charge in [0.2, 0.25) is 5.82 Å². The summed E-state index contributed by atoms with van der Waals surface area (Å²) in [4.78, 5) is 21.1. The standard InChI is InChI=1S/C15H25N5O/c1-2-13-16-14(18-17-13)15(21)20-10-6-12(7-11-20)19-8-4-3-5-9-19/h12H,2-11H2,1H3,(H,16,17,18). The van der Waals surface area contributed by atoms with Crippen LogP contribution in [0.2, 0.25) is 0 Å². The number of aromatic amines is 1. The van der Waals surface area contributed by atoms with E-state index in [2.05, 4.69) is 20.1 Å². The number of rotatable bonds is 3. The number of carbonyl (C=O) groups excluding carboxylic acids is 1. The summed E-state index contributed by atoms with van der Waals surface area (Å²) in [6.45, 7) is 6.13. The van der Waals surface area contributed by atoms with Gasteiger partial charge in [-0.3, -0.25) is 9.89 Å². The van der Waals surface area contributed by atoms with Gasteiger partial charge in [0.25, 0.3) is 5.91 Å². The van der Waals surface area contributed by atoms with E-state index >= 15 is 0 Å². The number of nitrogens with zero attached hydrogens (tertiary/aromatic N) is 4. The molecule has 0 saturated carbocycles. The molecule has 2 saturated heterocycles. The highest BCUT2D eigenvalue weighted by molar-refractivity contribution is 5.90. The van der Waals surface area contributed by atoms with E-state index in [1.165, 1.54) is 32.4 Å². The molecule has 0 aromatic carbocycles. The fourth-order valence-corrected chi connectivity index (χ4v) is 3.41. The minimum absolute atomic E-state index is 0.0250. The monoisotopic (exact) mass is 291 g/mol. The number of piperidine rings is 2. The maximum absolute atomic E-state index is 12.4. The van der Waals surface area contributed by atoms with Crippen molar-refractivity contribution in [3.05, 3.63) is 11.6 Å². The Balaban J connectivity index is 1.53. The van der Waals surface area contributed by atoms with Gasteiger partial charge in [-0.2, -0.15) is 0 Å². The predicted molar refractivity (Wildman–Crippen MR) is 80.1 cm³/mol. The molecule has 0 aliphatic carbocycles. The average Bonchev–Trinajstić information content (AvgIpc) is 3.04. The normalized spacial score (nSPS) is 21.7. The Bertz CT molecular complexity index is 472. The molecule has 1 amide bonds. The van der Waals surface area contributed by atoms with Crippen LogP contribution < -0.4 is 0 Å². The molecular weight excluding hydrogens is 266 g/mol. The highest BCUT2D eigenvalue weighted by Crippen LogP contribution is 2.21. The van der Waals surface area contributed by atoms with Gasteiger partial charge in [-0.1, -0.05) is 13.3 Å². The molecule has 0 unspecified atom stereocenters. The van der Waals surface area contributed by atoms with Gasteiger partial charge in [0, 0.05) is 25.6 Å². The summed E-state index contributed by atoms with van der Waals surface area (Å²) in [7, 11) is 0. The molecule has 1 aromatic heterocycles. The fraction of sp³-hybridized carbons (Fsp3) is 0.800. The lowest BCUT2D eigenvalue weighted by molar-refractivity contribution is 0.0579. The van der Waals surface area contributed by atoms with Crippen LogP contribution in [0.1, 0.15) is 55.5 Å². The minimum Gasteiger partial charge on any atom is -0.336 e. The molecule has 21 heavy (non-hydrogen) atoms. The summed E-state index contributed by atoms with van der Waals surface area (Å²) in [5.41, 5.74) is 0. The number of hydrogen-bond donors (Lipinski definition) is 1. The molecule has 6 heteroatoms. The number of nitrogens with one attached hydrogen (secondary N) is 1. The molecule has 0 spiro atoms. The number of likely N-dealkylation sites (tertiary alicyclic amines) is 2. The predicted octanol–water partition coefficient (Wildman–Crippen LogP) is 1.46. The number of amides is 1. The Morgan fingerprint density at radius 2 is 1.90 bits per heavy atom. The first-order chi connectivity index (χ1) is 10.3. The van der Waals surface area contributed by atoms with Gasteiger partial charge in [-0.15, -0.1) is 5.10 Å². The minimum atomic E-state index is -0.0250. The fourth-order valence-electron chi connectivity index (χ4n) is 3.41. The first kappa shape index (κ1) is 14.5. The van der Waals surface area contributed by atoms with Gasteiger partial charge >= 0.3 is 0 Å². The summed E-state index contributed by atoms with van der Waals surface area (Å²) in [5, 5.41) is 6.85. The van der Waals surface area contributed by atoms with Crippen LogP contribution in [0.5, 0.6) is 0 Å². The van der Waals surface area contributed by atoms with E-state index in [4.69, 9.17) is 0 Å². The van der Waals surface area contributed by atoms with E-state index < -0.39 is 0 Å². The summed E-state index contributed by atoms with van der Waals surface area (Å²) < 4.78 is 0. The second-order valence-corrected chi connectivity index (χ2v) is 6.08. The molecule has 0 bridgehead atoms. The molecule has 2 aliphatic rings. The van der Waals surface area contributed by atoms with Crippen molar-refractivity contribution in [3.8, 4) is 0 Å². The van der Waals surface area contributed by atoms with Crippen LogP contribution in [0.4, 0.5) is 0 Å². The first-order valence-corrected chi connectivity index (χ1v) is 8.22. The van der Waals surface area contributed by atoms with Crippen LogP contribution in [-0.2, 0) is 6.42 Å². The zero-order chi connectivity index (χ0) is 14.7. The van der Waals surface area contributed by atoms with E-state index in [1.807, 2.05) is 11.8 Å². The maximum atomic E-state index is 12.4. The van der Waals surface area contributed by atoms with Crippen LogP contribution in [0.15, 0.2) is 0 Å². The van der Waals surface area contributed by atoms with E-state index in [0.717, 1.165) is 38.2 Å². The molecule has 1 aromatic rings. The lowest BCUT2D eigenvalue weighted by Gasteiger charge is -2.39. The van der Waals surface area contributed by atoms with Crippen molar-refractivity contribution >= 4 is 5.91 Å². The van der Waals surface area contributed by atoms with Crippen molar-refractivity contribution in [3.63, 3.8) is 0 Å². The highest BCUT2D eigenvalue weighted by atomic mass is 16.2. The number of aromatic nitrogens is 3. The third kappa shape index (κ3) is 3.26. The zero-order valence-corrected chi connectivity index (χ0v) is 12.8. The maximum Gasteiger partial charge on any atom is 0.293 e. The molecule has 6 nitrogen and oxygen atoms in total. The Morgan fingerprint density at radius 3 is 2.52 bits per heavy atom. The Hall–Kier alpha value is -1.43. The molecule has 116 valence electrons. The Morgan fingerprint density at radius 1 is 1.19 bits per heavy atom. The van der Waals surface area contributed by atoms with Crippen LogP contribution in [0.25, 0.3) is 0 Å². The van der Waals surface area contributed by atoms with Gasteiger partial charge in [-0.05, 0) is 38.8 Å². The molecule has 2 aliphatic heterocycles. The van der Waals surface area contributed by atoms with Gasteiger partial charge in [0.15, 0.2) is 0 Å². The summed E-state index contributed by atoms with van der Waals surface area (Å²) >= 11 is 0. The third-order valence-corrected chi connectivity index (χ3v) is 4.72. The molecule has 0 atom stereocenters. The van der Waals surface area contributed by atoms with E-state index in [-0.39, 0.29) is 5.91 Å². The topological polar surface area (TPSA) is 65.1 Å². The molecule has 3 rings (SSSR count). The van der Waals surface area contributed by atoms with Crippen molar-refractivity contribution in [2.24, 2.45) is 0 Å². The van der Waals surface area contributed by atoms with Crippen molar-refractivity contribution in [2.45, 2.75) is 51.5 Å². The average molecular weight is 291 g/mol. The van der Waals surface area contributed by atoms with Crippen molar-refractivity contribution in [1.29, 1.82) is 0 Å². The number of hydrogen-bond acceptors (Lipinski definition) is 4. The highest BCUT2D eigenvalue weighted by Gasteiger charge is 2.29. The second-order valence-electron chi connectivity index (χ2n) is 6.08. The van der Waals surface area contributed by atoms with Crippen molar-refractivity contribution in [1.82, 2.24) is 25.0 Å². The van der Waals surface area contributed by atoms with Crippen LogP contribution >= 0.6 is 0 Å². The molecule has 2 fully saturated rings. The zero-order valence-electron chi connectivity index (χ0n) is 12.8. The molecule has 0 radical (unpaired) electrons. The van der Waals surface area contributed by atoms with Crippen LogP contribution in [0, 0.1) is 0 Å². The molecular formula is C15H25N5O. The largest absolute Gasteiger partial charge is 0.336 e. The second kappa shape index (κ2) is 6.56. The third-order valence-electron chi connectivity index (χ3n) is 4.72. The van der Waals surface area contributed by atoms with E-state index in [0.29, 0.717) is 11.9 Å². The van der Waals surface area contributed by atoms with E-state index in [1.54, 1.807) is 0 Å². The molecule has 1 N–H and O–H groups in total. The summed E-state index contributed by atoms with van der Waals surface area (Å²) in [6.07, 6.45) is 6.97. The van der Waals surface area contributed by atoms with Crippen molar-refractivity contribution < 1.29 is 4.79 Å². The number of aryl methyl sites for hydroxylation is 1. The summed E-state index contributed by atoms with van der Waals surface area (Å²) in [5.74, 6) is 1.08. The first-order valence-electron chi connectivity index (χ1n) is 8.22. The quantitative estimate of drug-likeness (QED) is 0.915. The smallest absolute Gasteiger partial charge is 0.293 e. The van der Waals surface area contributed by atoms with E-state index in [9.17, 15) is 4.79 Å². The summed E-state index contributed by atoms with van der Waals surface area (Å²) in [6, 6.07) is 0.660. The van der Waals surface area contributed by atoms with Crippen LogP contribution in [-0.4, -0.2) is 63.1 Å². The number of carbonyl (C=O) groups is 1. The van der Waals surface area contributed by atoms with Gasteiger partial charge in [-0.25, -0.2) is 4.98 Å². The Labute approximate surface area is 125 Å². The molecule has 3 heterocycles. The lowest BCUT2D eigenvalue weighted by Crippen LogP contribution is -2.48. The van der Waals surface area contributed by atoms with Gasteiger partial charge in [0.05, 0.1) is 0 Å². The van der Waals surface area contributed by atoms with Crippen LogP contribution in [0.3, 0.4) is 0 Å². The Kier molecular flexibility index (Phi) is 4.53. The lowest BCUT2D eigenvalue weighted by atomic mass is 10.00.